The Kier molecular flexibility index (Phi) is 7.21. The van der Waals surface area contributed by atoms with E-state index in [4.69, 9.17) is 4.74 Å². The minimum absolute atomic E-state index is 0.203. The van der Waals surface area contributed by atoms with E-state index in [1.54, 1.807) is 36.4 Å². The number of hydrogen-bond acceptors (Lipinski definition) is 2. The Morgan fingerprint density at radius 1 is 0.806 bits per heavy atom. The average Bonchev–Trinajstić information content (AvgIpc) is 2.73. The predicted octanol–water partition coefficient (Wildman–Crippen LogP) is 7.59. The van der Waals surface area contributed by atoms with E-state index in [2.05, 4.69) is 10.8 Å². The molecule has 3 aromatic carbocycles. The minimum Gasteiger partial charge on any atom is -0.454 e. The summed E-state index contributed by atoms with van der Waals surface area (Å²) in [4.78, 5) is 0. The summed E-state index contributed by atoms with van der Waals surface area (Å²) in [6, 6.07) is 15.6. The molecule has 0 bridgehead atoms. The molecule has 0 aromatic heterocycles. The number of ether oxygens (including phenoxy) is 2. The van der Waals surface area contributed by atoms with E-state index in [0.29, 0.717) is 6.07 Å². The molecule has 31 heavy (non-hydrogen) atoms. The second-order valence-corrected chi connectivity index (χ2v) is 7.16. The Morgan fingerprint density at radius 3 is 1.84 bits per heavy atom. The van der Waals surface area contributed by atoms with Crippen LogP contribution in [0.4, 0.5) is 17.6 Å². The molecule has 3 rings (SSSR count). The van der Waals surface area contributed by atoms with Gasteiger partial charge in [-0.05, 0) is 54.3 Å². The molecule has 0 fully saturated rings. The maximum Gasteiger partial charge on any atom is 0.432 e. The van der Waals surface area contributed by atoms with Gasteiger partial charge < -0.3 is 9.47 Å². The first-order valence-corrected chi connectivity index (χ1v) is 10.2. The maximum absolute atomic E-state index is 14.8. The molecule has 0 heterocycles. The van der Waals surface area contributed by atoms with Gasteiger partial charge in [0.05, 0.1) is 0 Å². The molecular formula is C25H23F4O2. The molecule has 0 amide bonds. The van der Waals surface area contributed by atoms with Crippen LogP contribution in [0.5, 0.6) is 17.2 Å². The predicted molar refractivity (Wildman–Crippen MR) is 111 cm³/mol. The highest BCUT2D eigenvalue weighted by molar-refractivity contribution is 5.38. The molecule has 163 valence electrons. The molecule has 1 radical (unpaired) electrons. The van der Waals surface area contributed by atoms with Crippen LogP contribution in [0.3, 0.4) is 0 Å². The van der Waals surface area contributed by atoms with Crippen LogP contribution < -0.4 is 9.47 Å². The molecule has 3 aromatic rings. The molecule has 0 atom stereocenters. The molecule has 0 unspecified atom stereocenters. The van der Waals surface area contributed by atoms with Crippen molar-refractivity contribution in [2.24, 2.45) is 0 Å². The van der Waals surface area contributed by atoms with Crippen LogP contribution in [0, 0.1) is 17.7 Å². The monoisotopic (exact) mass is 431 g/mol. The smallest absolute Gasteiger partial charge is 0.432 e. The number of hydrogen-bond donors (Lipinski definition) is 0. The number of rotatable bonds is 9. The summed E-state index contributed by atoms with van der Waals surface area (Å²) in [6.07, 6.45) is -0.741. The highest BCUT2D eigenvalue weighted by atomic mass is 19.3. The Morgan fingerprint density at radius 2 is 1.32 bits per heavy atom. The summed E-state index contributed by atoms with van der Waals surface area (Å²) >= 11 is 0. The van der Waals surface area contributed by atoms with E-state index in [9.17, 15) is 17.6 Å². The van der Waals surface area contributed by atoms with Crippen LogP contribution >= 0.6 is 0 Å². The van der Waals surface area contributed by atoms with Gasteiger partial charge in [-0.3, -0.25) is 0 Å². The molecule has 0 aliphatic heterocycles. The number of aryl methyl sites for hydroxylation is 2. The van der Waals surface area contributed by atoms with Crippen LogP contribution in [0.15, 0.2) is 54.6 Å². The number of benzene rings is 3. The summed E-state index contributed by atoms with van der Waals surface area (Å²) < 4.78 is 68.4. The highest BCUT2D eigenvalue weighted by Crippen LogP contribution is 2.38. The second kappa shape index (κ2) is 9.86. The van der Waals surface area contributed by atoms with Gasteiger partial charge in [0.25, 0.3) is 0 Å². The van der Waals surface area contributed by atoms with Crippen molar-refractivity contribution in [3.63, 3.8) is 0 Å². The summed E-state index contributed by atoms with van der Waals surface area (Å²) in [6.45, 7) is 4.03. The van der Waals surface area contributed by atoms with Crippen molar-refractivity contribution < 1.29 is 27.0 Å². The lowest BCUT2D eigenvalue weighted by Crippen LogP contribution is -2.25. The van der Waals surface area contributed by atoms with Crippen LogP contribution in [0.1, 0.15) is 43.4 Å². The third-order valence-electron chi connectivity index (χ3n) is 4.67. The molecule has 0 saturated carbocycles. The topological polar surface area (TPSA) is 18.5 Å². The van der Waals surface area contributed by atoms with Gasteiger partial charge in [-0.25, -0.2) is 8.78 Å². The van der Waals surface area contributed by atoms with E-state index in [-0.39, 0.29) is 11.5 Å². The molecule has 0 N–H and O–H groups in total. The zero-order valence-electron chi connectivity index (χ0n) is 17.4. The lowest BCUT2D eigenvalue weighted by molar-refractivity contribution is -0.189. The van der Waals surface area contributed by atoms with E-state index in [1.165, 1.54) is 12.1 Å². The normalized spacial score (nSPS) is 11.4. The zero-order chi connectivity index (χ0) is 22.4. The Balaban J connectivity index is 1.84. The summed E-state index contributed by atoms with van der Waals surface area (Å²) in [5, 5.41) is 0. The van der Waals surface area contributed by atoms with Crippen molar-refractivity contribution in [3.8, 4) is 17.2 Å². The average molecular weight is 431 g/mol. The van der Waals surface area contributed by atoms with Crippen molar-refractivity contribution in [3.05, 3.63) is 89.0 Å². The van der Waals surface area contributed by atoms with Gasteiger partial charge in [-0.2, -0.15) is 8.78 Å². The van der Waals surface area contributed by atoms with Crippen molar-refractivity contribution in [1.29, 1.82) is 0 Å². The van der Waals surface area contributed by atoms with E-state index in [1.807, 2.05) is 13.8 Å². The van der Waals surface area contributed by atoms with E-state index < -0.39 is 29.1 Å². The van der Waals surface area contributed by atoms with Crippen LogP contribution in [-0.2, 0) is 19.0 Å². The summed E-state index contributed by atoms with van der Waals surface area (Å²) in [5.41, 5.74) is 0.482. The number of halogens is 4. The van der Waals surface area contributed by atoms with Crippen molar-refractivity contribution in [2.45, 2.75) is 45.6 Å². The summed E-state index contributed by atoms with van der Waals surface area (Å²) in [7, 11) is 0. The fourth-order valence-electron chi connectivity index (χ4n) is 3.17. The van der Waals surface area contributed by atoms with Gasteiger partial charge in [0.15, 0.2) is 11.6 Å². The van der Waals surface area contributed by atoms with Crippen molar-refractivity contribution >= 4 is 0 Å². The third kappa shape index (κ3) is 5.57. The maximum atomic E-state index is 14.8. The van der Waals surface area contributed by atoms with Gasteiger partial charge in [0, 0.05) is 6.07 Å². The third-order valence-corrected chi connectivity index (χ3v) is 4.67. The Hall–Kier alpha value is -3.02. The van der Waals surface area contributed by atoms with Gasteiger partial charge in [0.1, 0.15) is 22.9 Å². The van der Waals surface area contributed by atoms with Gasteiger partial charge >= 0.3 is 6.11 Å². The first-order chi connectivity index (χ1) is 14.8. The zero-order valence-corrected chi connectivity index (χ0v) is 17.4. The van der Waals surface area contributed by atoms with Gasteiger partial charge in [0.2, 0.25) is 0 Å². The summed E-state index contributed by atoms with van der Waals surface area (Å²) in [5.74, 6) is -3.66. The van der Waals surface area contributed by atoms with Crippen LogP contribution in [0.25, 0.3) is 0 Å². The Labute approximate surface area is 179 Å². The van der Waals surface area contributed by atoms with E-state index >= 15 is 0 Å². The highest BCUT2D eigenvalue weighted by Gasteiger charge is 2.42. The number of alkyl halides is 2. The fourth-order valence-corrected chi connectivity index (χ4v) is 3.17. The fraction of sp³-hybridized carbons (Fsp3) is 0.280. The molecule has 0 spiro atoms. The van der Waals surface area contributed by atoms with Gasteiger partial charge in [-0.15, -0.1) is 0 Å². The minimum atomic E-state index is -4.25. The van der Waals surface area contributed by atoms with Gasteiger partial charge in [-0.1, -0.05) is 51.0 Å². The lowest BCUT2D eigenvalue weighted by atomic mass is 10.1. The van der Waals surface area contributed by atoms with Crippen LogP contribution in [0.2, 0.25) is 0 Å². The van der Waals surface area contributed by atoms with Crippen molar-refractivity contribution in [2.75, 3.05) is 0 Å². The first kappa shape index (κ1) is 22.7. The molecule has 0 aliphatic rings. The first-order valence-electron chi connectivity index (χ1n) is 10.2. The Bertz CT molecular complexity index is 999. The SMILES string of the molecule is CCCc1ccc(Oc2[c]cc(F)c(C(F)(F)Oc3ccc(CCC)cc3)c2F)cc1. The molecule has 2 nitrogen and oxygen atoms in total. The molecule has 0 saturated heterocycles. The lowest BCUT2D eigenvalue weighted by Gasteiger charge is -2.20. The molecule has 0 aliphatic carbocycles. The molecular weight excluding hydrogens is 408 g/mol. The van der Waals surface area contributed by atoms with E-state index in [0.717, 1.165) is 36.8 Å². The largest absolute Gasteiger partial charge is 0.454 e. The van der Waals surface area contributed by atoms with Crippen LogP contribution in [-0.4, -0.2) is 0 Å². The van der Waals surface area contributed by atoms with Crippen molar-refractivity contribution in [1.82, 2.24) is 0 Å². The molecule has 6 heteroatoms. The quantitative estimate of drug-likeness (QED) is 0.325. The standard InChI is InChI=1S/C25H23F4O2/c1-3-5-17-7-11-19(12-8-17)30-22-16-15-21(26)23(24(22)27)25(28,29)31-20-13-9-18(6-4-2)10-14-20/h7-15H,3-6H2,1-2H3. The second-order valence-electron chi connectivity index (χ2n) is 7.16.